The molecule has 2 saturated heterocycles. The van der Waals surface area contributed by atoms with Crippen LogP contribution < -0.4 is 4.74 Å². The Labute approximate surface area is 155 Å². The number of carbonyl (C=O) groups is 2. The molecular weight excluding hydrogens is 363 g/mol. The van der Waals surface area contributed by atoms with Crippen LogP contribution in [0.1, 0.15) is 42.5 Å². The molecule has 3 rings (SSSR count). The van der Waals surface area contributed by atoms with Gasteiger partial charge < -0.3 is 14.5 Å². The third-order valence-electron chi connectivity index (χ3n) is 4.83. The molecule has 0 saturated carbocycles. The van der Waals surface area contributed by atoms with E-state index in [4.69, 9.17) is 0 Å². The molecular formula is C18H22F3N3O3. The Kier molecular flexibility index (Phi) is 5.86. The van der Waals surface area contributed by atoms with Crippen LogP contribution in [0.15, 0.2) is 18.3 Å². The molecule has 0 bridgehead atoms. The number of pyridine rings is 1. The summed E-state index contributed by atoms with van der Waals surface area (Å²) in [5, 5.41) is 0. The quantitative estimate of drug-likeness (QED) is 0.800. The van der Waals surface area contributed by atoms with Crippen molar-refractivity contribution in [3.63, 3.8) is 0 Å². The van der Waals surface area contributed by atoms with E-state index in [2.05, 4.69) is 9.72 Å². The van der Waals surface area contributed by atoms with Crippen LogP contribution in [0.3, 0.4) is 0 Å². The Hall–Kier alpha value is -2.32. The molecule has 1 aromatic rings. The number of aromatic nitrogens is 1. The van der Waals surface area contributed by atoms with E-state index in [9.17, 15) is 22.8 Å². The first-order valence-corrected chi connectivity index (χ1v) is 9.10. The lowest BCUT2D eigenvalue weighted by Crippen LogP contribution is -2.52. The first-order valence-electron chi connectivity index (χ1n) is 9.10. The number of hydrogen-bond donors (Lipinski definition) is 0. The second kappa shape index (κ2) is 8.14. The average molecular weight is 385 g/mol. The van der Waals surface area contributed by atoms with Crippen molar-refractivity contribution in [1.29, 1.82) is 0 Å². The lowest BCUT2D eigenvalue weighted by molar-refractivity contribution is -0.154. The molecule has 1 atom stereocenters. The number of nitrogens with zero attached hydrogens (tertiary/aromatic N) is 3. The van der Waals surface area contributed by atoms with Gasteiger partial charge in [-0.1, -0.05) is 0 Å². The second-order valence-corrected chi connectivity index (χ2v) is 6.83. The topological polar surface area (TPSA) is 62.7 Å². The maximum atomic E-state index is 12.9. The summed E-state index contributed by atoms with van der Waals surface area (Å²) in [6.45, 7) is 0.496. The Morgan fingerprint density at radius 2 is 1.81 bits per heavy atom. The van der Waals surface area contributed by atoms with Crippen LogP contribution in [0, 0.1) is 0 Å². The zero-order valence-corrected chi connectivity index (χ0v) is 14.9. The second-order valence-electron chi connectivity index (χ2n) is 6.83. The van der Waals surface area contributed by atoms with Crippen molar-refractivity contribution < 1.29 is 27.5 Å². The highest BCUT2D eigenvalue weighted by Crippen LogP contribution is 2.24. The van der Waals surface area contributed by atoms with Crippen LogP contribution in [-0.4, -0.2) is 65.1 Å². The SMILES string of the molecule is O=C([C@H]1CCCCN1C(=O)c1ccc(OCC(F)(F)F)nc1)N1CCCC1. The lowest BCUT2D eigenvalue weighted by atomic mass is 10.00. The van der Waals surface area contributed by atoms with Gasteiger partial charge in [0.25, 0.3) is 5.91 Å². The maximum Gasteiger partial charge on any atom is 0.422 e. The predicted molar refractivity (Wildman–Crippen MR) is 90.3 cm³/mol. The van der Waals surface area contributed by atoms with Crippen LogP contribution in [0.2, 0.25) is 0 Å². The number of ether oxygens (including phenoxy) is 1. The molecule has 3 heterocycles. The highest BCUT2D eigenvalue weighted by atomic mass is 19.4. The van der Waals surface area contributed by atoms with Crippen molar-refractivity contribution in [2.45, 2.75) is 44.3 Å². The van der Waals surface area contributed by atoms with Gasteiger partial charge >= 0.3 is 6.18 Å². The van der Waals surface area contributed by atoms with Gasteiger partial charge in [0.2, 0.25) is 11.8 Å². The number of halogens is 3. The molecule has 2 aliphatic heterocycles. The van der Waals surface area contributed by atoms with E-state index >= 15 is 0 Å². The minimum absolute atomic E-state index is 0.0151. The molecule has 0 aromatic carbocycles. The van der Waals surface area contributed by atoms with E-state index in [1.165, 1.54) is 18.3 Å². The van der Waals surface area contributed by atoms with Crippen molar-refractivity contribution in [3.05, 3.63) is 23.9 Å². The third-order valence-corrected chi connectivity index (χ3v) is 4.83. The minimum Gasteiger partial charge on any atom is -0.468 e. The highest BCUT2D eigenvalue weighted by Gasteiger charge is 2.36. The van der Waals surface area contributed by atoms with E-state index < -0.39 is 18.8 Å². The molecule has 148 valence electrons. The largest absolute Gasteiger partial charge is 0.468 e. The summed E-state index contributed by atoms with van der Waals surface area (Å²) in [6, 6.07) is 2.14. The fourth-order valence-electron chi connectivity index (χ4n) is 3.49. The fraction of sp³-hybridized carbons (Fsp3) is 0.611. The zero-order chi connectivity index (χ0) is 19.4. The van der Waals surface area contributed by atoms with Crippen molar-refractivity contribution in [1.82, 2.24) is 14.8 Å². The lowest BCUT2D eigenvalue weighted by Gasteiger charge is -2.36. The van der Waals surface area contributed by atoms with Gasteiger partial charge in [0, 0.05) is 31.9 Å². The summed E-state index contributed by atoms with van der Waals surface area (Å²) in [7, 11) is 0. The van der Waals surface area contributed by atoms with Gasteiger partial charge in [-0.3, -0.25) is 9.59 Å². The van der Waals surface area contributed by atoms with E-state index in [1.807, 2.05) is 4.90 Å². The van der Waals surface area contributed by atoms with E-state index in [-0.39, 0.29) is 23.3 Å². The summed E-state index contributed by atoms with van der Waals surface area (Å²) in [5.41, 5.74) is 0.232. The van der Waals surface area contributed by atoms with Gasteiger partial charge in [-0.2, -0.15) is 13.2 Å². The molecule has 0 unspecified atom stereocenters. The van der Waals surface area contributed by atoms with Crippen LogP contribution in [0.25, 0.3) is 0 Å². The van der Waals surface area contributed by atoms with Crippen molar-refractivity contribution in [2.75, 3.05) is 26.2 Å². The first kappa shape index (κ1) is 19.4. The number of piperidine rings is 1. The molecule has 0 spiro atoms. The summed E-state index contributed by atoms with van der Waals surface area (Å²) in [4.78, 5) is 32.8. The summed E-state index contributed by atoms with van der Waals surface area (Å²) < 4.78 is 41.1. The molecule has 2 aliphatic rings. The Bertz CT molecular complexity index is 673. The fourth-order valence-corrected chi connectivity index (χ4v) is 3.49. The maximum absolute atomic E-state index is 12.9. The standard InChI is InChI=1S/C18H22F3N3O3/c19-18(20,21)12-27-15-7-6-13(11-22-15)16(25)24-10-2-1-5-14(24)17(26)23-8-3-4-9-23/h6-7,11,14H,1-5,8-10,12H2/t14-/m1/s1. The van der Waals surface area contributed by atoms with Gasteiger partial charge in [0.1, 0.15) is 6.04 Å². The molecule has 9 heteroatoms. The van der Waals surface area contributed by atoms with E-state index in [0.29, 0.717) is 13.0 Å². The number of likely N-dealkylation sites (tertiary alicyclic amines) is 2. The summed E-state index contributed by atoms with van der Waals surface area (Å²) in [6.07, 6.45) is 1.03. The van der Waals surface area contributed by atoms with Crippen LogP contribution >= 0.6 is 0 Å². The van der Waals surface area contributed by atoms with Crippen LogP contribution in [-0.2, 0) is 4.79 Å². The molecule has 2 amide bonds. The number of alkyl halides is 3. The molecule has 0 N–H and O–H groups in total. The zero-order valence-electron chi connectivity index (χ0n) is 14.9. The van der Waals surface area contributed by atoms with Gasteiger partial charge in [-0.15, -0.1) is 0 Å². The van der Waals surface area contributed by atoms with E-state index in [0.717, 1.165) is 38.8 Å². The van der Waals surface area contributed by atoms with Gasteiger partial charge in [0.15, 0.2) is 6.61 Å². The average Bonchev–Trinajstić information content (AvgIpc) is 3.20. The first-order chi connectivity index (χ1) is 12.8. The van der Waals surface area contributed by atoms with Crippen molar-refractivity contribution in [3.8, 4) is 5.88 Å². The summed E-state index contributed by atoms with van der Waals surface area (Å²) >= 11 is 0. The van der Waals surface area contributed by atoms with Crippen molar-refractivity contribution in [2.24, 2.45) is 0 Å². The summed E-state index contributed by atoms with van der Waals surface area (Å²) in [5.74, 6) is -0.548. The molecule has 6 nitrogen and oxygen atoms in total. The Balaban J connectivity index is 1.68. The molecule has 1 aromatic heterocycles. The minimum atomic E-state index is -4.45. The van der Waals surface area contributed by atoms with Gasteiger partial charge in [-0.05, 0) is 38.2 Å². The number of amides is 2. The number of hydrogen-bond acceptors (Lipinski definition) is 4. The Morgan fingerprint density at radius 1 is 1.11 bits per heavy atom. The molecule has 0 radical (unpaired) electrons. The highest BCUT2D eigenvalue weighted by molar-refractivity contribution is 5.97. The molecule has 2 fully saturated rings. The van der Waals surface area contributed by atoms with Crippen LogP contribution in [0.5, 0.6) is 5.88 Å². The number of carbonyl (C=O) groups excluding carboxylic acids is 2. The van der Waals surface area contributed by atoms with Crippen LogP contribution in [0.4, 0.5) is 13.2 Å². The normalized spacial score (nSPS) is 20.6. The predicted octanol–water partition coefficient (Wildman–Crippen LogP) is 2.64. The number of rotatable bonds is 4. The van der Waals surface area contributed by atoms with E-state index in [1.54, 1.807) is 4.90 Å². The van der Waals surface area contributed by atoms with Gasteiger partial charge in [-0.25, -0.2) is 4.98 Å². The van der Waals surface area contributed by atoms with Gasteiger partial charge in [0.05, 0.1) is 5.56 Å². The smallest absolute Gasteiger partial charge is 0.422 e. The monoisotopic (exact) mass is 385 g/mol. The Morgan fingerprint density at radius 3 is 2.44 bits per heavy atom. The molecule has 0 aliphatic carbocycles. The third kappa shape index (κ3) is 4.90. The molecule has 27 heavy (non-hydrogen) atoms. The van der Waals surface area contributed by atoms with Crippen molar-refractivity contribution >= 4 is 11.8 Å².